The summed E-state index contributed by atoms with van der Waals surface area (Å²) in [5.74, 6) is -1.60. The number of amides is 1. The number of nitrogens with one attached hydrogen (secondary N) is 1. The number of carboxylic acid groups (broad SMARTS) is 1. The molecule has 1 aliphatic rings. The molecular formula is C14H18N2O6S. The monoisotopic (exact) mass is 342 g/mol. The molecule has 0 aliphatic carbocycles. The Kier molecular flexibility index (Phi) is 4.90. The van der Waals surface area contributed by atoms with Crippen molar-refractivity contribution in [2.75, 3.05) is 30.8 Å². The highest BCUT2D eigenvalue weighted by molar-refractivity contribution is 7.92. The van der Waals surface area contributed by atoms with Crippen LogP contribution in [0, 0.1) is 0 Å². The molecule has 1 atom stereocenters. The fourth-order valence-electron chi connectivity index (χ4n) is 2.42. The lowest BCUT2D eigenvalue weighted by atomic mass is 10.1. The second-order valence-corrected chi connectivity index (χ2v) is 7.11. The highest BCUT2D eigenvalue weighted by atomic mass is 32.2. The van der Waals surface area contributed by atoms with Crippen molar-refractivity contribution >= 4 is 27.6 Å². The number of hydrogen-bond acceptors (Lipinski definition) is 5. The summed E-state index contributed by atoms with van der Waals surface area (Å²) in [6.07, 6.45) is 0.549. The number of rotatable bonds is 6. The Balaban J connectivity index is 2.11. The lowest BCUT2D eigenvalue weighted by Crippen LogP contribution is -2.37. The molecule has 0 radical (unpaired) electrons. The van der Waals surface area contributed by atoms with Crippen molar-refractivity contribution in [2.45, 2.75) is 12.5 Å². The van der Waals surface area contributed by atoms with Gasteiger partial charge >= 0.3 is 5.97 Å². The van der Waals surface area contributed by atoms with Crippen LogP contribution in [0.1, 0.15) is 15.9 Å². The Morgan fingerprint density at radius 2 is 2.13 bits per heavy atom. The maximum atomic E-state index is 12.1. The first-order valence-electron chi connectivity index (χ1n) is 6.88. The van der Waals surface area contributed by atoms with E-state index < -0.39 is 28.0 Å². The smallest absolute Gasteiger partial charge is 0.334 e. The number of carbonyl (C=O) groups is 2. The molecule has 0 aromatic heterocycles. The van der Waals surface area contributed by atoms with Gasteiger partial charge in [0.05, 0.1) is 18.5 Å². The Labute approximate surface area is 134 Å². The maximum absolute atomic E-state index is 12.1. The second-order valence-electron chi connectivity index (χ2n) is 5.20. The summed E-state index contributed by atoms with van der Waals surface area (Å²) in [5.41, 5.74) is 1.69. The topological polar surface area (TPSA) is 113 Å². The van der Waals surface area contributed by atoms with E-state index >= 15 is 0 Å². The van der Waals surface area contributed by atoms with E-state index in [0.717, 1.165) is 11.8 Å². The minimum atomic E-state index is -3.33. The van der Waals surface area contributed by atoms with Gasteiger partial charge in [-0.1, -0.05) is 0 Å². The summed E-state index contributed by atoms with van der Waals surface area (Å²) in [4.78, 5) is 22.9. The van der Waals surface area contributed by atoms with Crippen LogP contribution in [0.2, 0.25) is 0 Å². The molecule has 1 amide bonds. The number of sulfonamides is 1. The number of methoxy groups -OCH3 is 1. The molecule has 8 nitrogen and oxygen atoms in total. The Hall–Kier alpha value is -2.13. The summed E-state index contributed by atoms with van der Waals surface area (Å²) in [6.45, 7) is 0.196. The van der Waals surface area contributed by atoms with Crippen LogP contribution in [0.5, 0.6) is 0 Å². The van der Waals surface area contributed by atoms with Crippen molar-refractivity contribution in [3.8, 4) is 0 Å². The van der Waals surface area contributed by atoms with E-state index in [1.165, 1.54) is 17.5 Å². The van der Waals surface area contributed by atoms with Crippen molar-refractivity contribution < 1.29 is 27.9 Å². The third-order valence-corrected chi connectivity index (χ3v) is 4.78. The van der Waals surface area contributed by atoms with Gasteiger partial charge in [-0.2, -0.15) is 0 Å². The first kappa shape index (κ1) is 17.2. The second kappa shape index (κ2) is 6.55. The fourth-order valence-corrected chi connectivity index (χ4v) is 3.37. The zero-order chi connectivity index (χ0) is 17.2. The van der Waals surface area contributed by atoms with E-state index in [1.807, 2.05) is 0 Å². The predicted molar refractivity (Wildman–Crippen MR) is 83.1 cm³/mol. The van der Waals surface area contributed by atoms with Gasteiger partial charge in [0.25, 0.3) is 5.91 Å². The van der Waals surface area contributed by atoms with E-state index in [9.17, 15) is 18.0 Å². The van der Waals surface area contributed by atoms with Gasteiger partial charge in [-0.05, 0) is 30.2 Å². The van der Waals surface area contributed by atoms with Gasteiger partial charge in [0, 0.05) is 19.2 Å². The molecular weight excluding hydrogens is 324 g/mol. The molecule has 1 aromatic rings. The molecule has 0 fully saturated rings. The zero-order valence-electron chi connectivity index (χ0n) is 12.8. The van der Waals surface area contributed by atoms with Gasteiger partial charge in [0.1, 0.15) is 0 Å². The number of carboxylic acids is 1. The number of anilines is 1. The predicted octanol–water partition coefficient (Wildman–Crippen LogP) is -0.162. The van der Waals surface area contributed by atoms with E-state index in [1.54, 1.807) is 12.1 Å². The molecule has 23 heavy (non-hydrogen) atoms. The minimum Gasteiger partial charge on any atom is -0.479 e. The normalized spacial score (nSPS) is 15.1. The van der Waals surface area contributed by atoms with E-state index in [2.05, 4.69) is 5.32 Å². The standard InChI is InChI=1S/C14H18N2O6S/c1-22-12(14(18)19)8-15-13(17)10-3-4-11-9(7-10)5-6-16(11)23(2,20)21/h3-4,7,12H,5-6,8H2,1-2H3,(H,15,17)(H,18,19). The van der Waals surface area contributed by atoms with Gasteiger partial charge in [-0.25, -0.2) is 13.2 Å². The van der Waals surface area contributed by atoms with Crippen LogP contribution in [-0.2, 0) is 26.0 Å². The zero-order valence-corrected chi connectivity index (χ0v) is 13.6. The largest absolute Gasteiger partial charge is 0.479 e. The Bertz CT molecular complexity index is 731. The fraction of sp³-hybridized carbons (Fsp3) is 0.429. The van der Waals surface area contributed by atoms with Crippen LogP contribution in [0.25, 0.3) is 0 Å². The molecule has 0 bridgehead atoms. The van der Waals surface area contributed by atoms with Gasteiger partial charge in [-0.3, -0.25) is 9.10 Å². The summed E-state index contributed by atoms with van der Waals surface area (Å²) in [7, 11) is -2.08. The van der Waals surface area contributed by atoms with Crippen molar-refractivity contribution in [3.05, 3.63) is 29.3 Å². The van der Waals surface area contributed by atoms with Crippen molar-refractivity contribution in [3.63, 3.8) is 0 Å². The molecule has 1 aliphatic heterocycles. The molecule has 0 saturated carbocycles. The van der Waals surface area contributed by atoms with Crippen LogP contribution in [-0.4, -0.2) is 58.0 Å². The molecule has 2 N–H and O–H groups in total. The van der Waals surface area contributed by atoms with E-state index in [0.29, 0.717) is 24.2 Å². The first-order chi connectivity index (χ1) is 10.7. The van der Waals surface area contributed by atoms with Crippen LogP contribution in [0.3, 0.4) is 0 Å². The Morgan fingerprint density at radius 1 is 1.43 bits per heavy atom. The summed E-state index contributed by atoms with van der Waals surface area (Å²) in [5, 5.41) is 11.3. The van der Waals surface area contributed by atoms with Crippen LogP contribution in [0.15, 0.2) is 18.2 Å². The SMILES string of the molecule is COC(CNC(=O)c1ccc2c(c1)CCN2S(C)(=O)=O)C(=O)O. The summed E-state index contributed by atoms with van der Waals surface area (Å²) < 4.78 is 29.4. The lowest BCUT2D eigenvalue weighted by Gasteiger charge is -2.16. The third-order valence-electron chi connectivity index (χ3n) is 3.60. The minimum absolute atomic E-state index is 0.156. The number of aliphatic carboxylic acids is 1. The van der Waals surface area contributed by atoms with E-state index in [-0.39, 0.29) is 6.54 Å². The van der Waals surface area contributed by atoms with Crippen molar-refractivity contribution in [2.24, 2.45) is 0 Å². The molecule has 1 heterocycles. The van der Waals surface area contributed by atoms with Crippen LogP contribution in [0.4, 0.5) is 5.69 Å². The highest BCUT2D eigenvalue weighted by Gasteiger charge is 2.27. The average molecular weight is 342 g/mol. The molecule has 126 valence electrons. The number of nitrogens with zero attached hydrogens (tertiary/aromatic N) is 1. The maximum Gasteiger partial charge on any atom is 0.334 e. The quantitative estimate of drug-likeness (QED) is 0.743. The lowest BCUT2D eigenvalue weighted by molar-refractivity contribution is -0.148. The summed E-state index contributed by atoms with van der Waals surface area (Å²) in [6, 6.07) is 4.72. The number of benzene rings is 1. The molecule has 9 heteroatoms. The van der Waals surface area contributed by atoms with Gasteiger partial charge in [0.2, 0.25) is 10.0 Å². The molecule has 0 spiro atoms. The number of ether oxygens (including phenoxy) is 1. The van der Waals surface area contributed by atoms with Crippen molar-refractivity contribution in [1.82, 2.24) is 5.32 Å². The molecule has 1 unspecified atom stereocenters. The first-order valence-corrected chi connectivity index (χ1v) is 8.73. The number of carbonyl (C=O) groups excluding carboxylic acids is 1. The van der Waals surface area contributed by atoms with Gasteiger partial charge in [0.15, 0.2) is 6.10 Å². The van der Waals surface area contributed by atoms with E-state index in [4.69, 9.17) is 9.84 Å². The highest BCUT2D eigenvalue weighted by Crippen LogP contribution is 2.30. The summed E-state index contributed by atoms with van der Waals surface area (Å²) >= 11 is 0. The third kappa shape index (κ3) is 3.80. The Morgan fingerprint density at radius 3 is 2.70 bits per heavy atom. The number of hydrogen-bond donors (Lipinski definition) is 2. The average Bonchev–Trinajstić information content (AvgIpc) is 2.90. The van der Waals surface area contributed by atoms with Crippen molar-refractivity contribution in [1.29, 1.82) is 0 Å². The van der Waals surface area contributed by atoms with Crippen LogP contribution >= 0.6 is 0 Å². The van der Waals surface area contributed by atoms with Gasteiger partial charge < -0.3 is 15.2 Å². The van der Waals surface area contributed by atoms with Gasteiger partial charge in [-0.15, -0.1) is 0 Å². The molecule has 2 rings (SSSR count). The number of fused-ring (bicyclic) bond motifs is 1. The van der Waals surface area contributed by atoms with Crippen LogP contribution < -0.4 is 9.62 Å². The molecule has 0 saturated heterocycles. The molecule has 1 aromatic carbocycles.